The van der Waals surface area contributed by atoms with Crippen LogP contribution in [0.1, 0.15) is 41.0 Å². The van der Waals surface area contributed by atoms with Gasteiger partial charge in [0.05, 0.1) is 0 Å². The SMILES string of the molecule is O=C(NCCc1ncon1)c1n[nH]c(C2CC2)n1. The Labute approximate surface area is 102 Å². The van der Waals surface area contributed by atoms with Gasteiger partial charge in [-0.25, -0.2) is 4.98 Å². The monoisotopic (exact) mass is 248 g/mol. The van der Waals surface area contributed by atoms with E-state index in [4.69, 9.17) is 0 Å². The Morgan fingerprint density at radius 1 is 1.56 bits per heavy atom. The standard InChI is InChI=1S/C10H12N6O2/c17-10(11-4-3-7-12-5-18-16-7)9-13-8(14-15-9)6-1-2-6/h5-6H,1-4H2,(H,11,17)(H,13,14,15). The predicted molar refractivity (Wildman–Crippen MR) is 58.7 cm³/mol. The molecule has 2 aromatic heterocycles. The molecule has 1 amide bonds. The van der Waals surface area contributed by atoms with Gasteiger partial charge in [-0.2, -0.15) is 4.98 Å². The average molecular weight is 248 g/mol. The summed E-state index contributed by atoms with van der Waals surface area (Å²) < 4.78 is 4.59. The predicted octanol–water partition coefficient (Wildman–Crippen LogP) is 0.0376. The third-order valence-corrected chi connectivity index (χ3v) is 2.71. The quantitative estimate of drug-likeness (QED) is 0.773. The van der Waals surface area contributed by atoms with Crippen LogP contribution in [0.2, 0.25) is 0 Å². The van der Waals surface area contributed by atoms with Crippen molar-refractivity contribution in [2.75, 3.05) is 6.54 Å². The molecule has 0 bridgehead atoms. The molecular formula is C10H12N6O2. The van der Waals surface area contributed by atoms with E-state index in [9.17, 15) is 4.79 Å². The molecule has 0 spiro atoms. The van der Waals surface area contributed by atoms with E-state index in [-0.39, 0.29) is 11.7 Å². The molecule has 0 saturated heterocycles. The molecule has 0 aliphatic heterocycles. The van der Waals surface area contributed by atoms with E-state index in [0.717, 1.165) is 18.7 Å². The third-order valence-electron chi connectivity index (χ3n) is 2.71. The van der Waals surface area contributed by atoms with Crippen LogP contribution in [0.25, 0.3) is 0 Å². The molecule has 1 saturated carbocycles. The summed E-state index contributed by atoms with van der Waals surface area (Å²) in [5.41, 5.74) is 0. The number of nitrogens with one attached hydrogen (secondary N) is 2. The Morgan fingerprint density at radius 2 is 2.44 bits per heavy atom. The van der Waals surface area contributed by atoms with Crippen LogP contribution < -0.4 is 5.32 Å². The molecule has 0 unspecified atom stereocenters. The molecule has 1 aliphatic rings. The summed E-state index contributed by atoms with van der Waals surface area (Å²) in [4.78, 5) is 19.7. The van der Waals surface area contributed by atoms with Crippen LogP contribution in [0, 0.1) is 0 Å². The summed E-state index contributed by atoms with van der Waals surface area (Å²) in [7, 11) is 0. The second-order valence-electron chi connectivity index (χ2n) is 4.17. The van der Waals surface area contributed by atoms with Gasteiger partial charge in [0.15, 0.2) is 5.82 Å². The molecule has 8 nitrogen and oxygen atoms in total. The van der Waals surface area contributed by atoms with Gasteiger partial charge in [0.2, 0.25) is 12.2 Å². The van der Waals surface area contributed by atoms with Crippen LogP contribution >= 0.6 is 0 Å². The molecule has 3 rings (SSSR count). The van der Waals surface area contributed by atoms with Crippen LogP contribution in [0.3, 0.4) is 0 Å². The first-order valence-electron chi connectivity index (χ1n) is 5.78. The summed E-state index contributed by atoms with van der Waals surface area (Å²) in [6.07, 6.45) is 4.01. The van der Waals surface area contributed by atoms with Gasteiger partial charge in [-0.3, -0.25) is 9.89 Å². The molecule has 0 atom stereocenters. The number of nitrogens with zero attached hydrogens (tertiary/aromatic N) is 4. The van der Waals surface area contributed by atoms with Crippen LogP contribution in [0.4, 0.5) is 0 Å². The van der Waals surface area contributed by atoms with Crippen molar-refractivity contribution in [3.63, 3.8) is 0 Å². The second-order valence-corrected chi connectivity index (χ2v) is 4.17. The van der Waals surface area contributed by atoms with Crippen molar-refractivity contribution in [2.24, 2.45) is 0 Å². The van der Waals surface area contributed by atoms with Crippen molar-refractivity contribution in [2.45, 2.75) is 25.2 Å². The van der Waals surface area contributed by atoms with Crippen molar-refractivity contribution in [3.8, 4) is 0 Å². The Bertz CT molecular complexity index is 530. The van der Waals surface area contributed by atoms with E-state index >= 15 is 0 Å². The van der Waals surface area contributed by atoms with Gasteiger partial charge in [0.25, 0.3) is 5.91 Å². The van der Waals surface area contributed by atoms with Crippen LogP contribution in [0.5, 0.6) is 0 Å². The minimum Gasteiger partial charge on any atom is -0.349 e. The number of carbonyl (C=O) groups excluding carboxylic acids is 1. The maximum Gasteiger partial charge on any atom is 0.290 e. The Balaban J connectivity index is 1.50. The van der Waals surface area contributed by atoms with Crippen LogP contribution in [-0.4, -0.2) is 37.8 Å². The molecular weight excluding hydrogens is 236 g/mol. The lowest BCUT2D eigenvalue weighted by Gasteiger charge is -1.98. The zero-order valence-electron chi connectivity index (χ0n) is 9.59. The fraction of sp³-hybridized carbons (Fsp3) is 0.500. The van der Waals surface area contributed by atoms with Crippen molar-refractivity contribution in [1.82, 2.24) is 30.6 Å². The highest BCUT2D eigenvalue weighted by Crippen LogP contribution is 2.37. The number of hydrogen-bond donors (Lipinski definition) is 2. The lowest BCUT2D eigenvalue weighted by molar-refractivity contribution is 0.0944. The number of rotatable bonds is 5. The molecule has 18 heavy (non-hydrogen) atoms. The summed E-state index contributed by atoms with van der Waals surface area (Å²) in [6.45, 7) is 0.422. The normalized spacial score (nSPS) is 14.7. The van der Waals surface area contributed by atoms with E-state index in [1.807, 2.05) is 0 Å². The van der Waals surface area contributed by atoms with Crippen molar-refractivity contribution >= 4 is 5.91 Å². The highest BCUT2D eigenvalue weighted by atomic mass is 16.5. The summed E-state index contributed by atoms with van der Waals surface area (Å²) in [5, 5.41) is 13.0. The van der Waals surface area contributed by atoms with Crippen molar-refractivity contribution < 1.29 is 9.32 Å². The molecule has 8 heteroatoms. The molecule has 2 N–H and O–H groups in total. The molecule has 94 valence electrons. The van der Waals surface area contributed by atoms with Gasteiger partial charge < -0.3 is 9.84 Å². The molecule has 0 radical (unpaired) electrons. The van der Waals surface area contributed by atoms with Crippen LogP contribution in [0.15, 0.2) is 10.9 Å². The number of hydrogen-bond acceptors (Lipinski definition) is 6. The van der Waals surface area contributed by atoms with Crippen molar-refractivity contribution in [1.29, 1.82) is 0 Å². The third kappa shape index (κ3) is 2.36. The minimum atomic E-state index is -0.290. The van der Waals surface area contributed by atoms with Gasteiger partial charge in [-0.15, -0.1) is 5.10 Å². The Kier molecular flexibility index (Phi) is 2.75. The fourth-order valence-electron chi connectivity index (χ4n) is 1.58. The smallest absolute Gasteiger partial charge is 0.290 e. The van der Waals surface area contributed by atoms with E-state index in [1.54, 1.807) is 0 Å². The van der Waals surface area contributed by atoms with Gasteiger partial charge in [-0.05, 0) is 12.8 Å². The molecule has 2 aromatic rings. The zero-order valence-corrected chi connectivity index (χ0v) is 9.59. The highest BCUT2D eigenvalue weighted by Gasteiger charge is 2.28. The first kappa shape index (κ1) is 10.9. The van der Waals surface area contributed by atoms with Gasteiger partial charge in [0.1, 0.15) is 5.82 Å². The molecule has 2 heterocycles. The molecule has 1 aliphatic carbocycles. The van der Waals surface area contributed by atoms with Gasteiger partial charge in [-0.1, -0.05) is 5.16 Å². The van der Waals surface area contributed by atoms with Crippen LogP contribution in [-0.2, 0) is 6.42 Å². The minimum absolute atomic E-state index is 0.185. The number of H-pyrrole nitrogens is 1. The first-order valence-corrected chi connectivity index (χ1v) is 5.78. The van der Waals surface area contributed by atoms with Gasteiger partial charge in [0, 0.05) is 18.9 Å². The fourth-order valence-corrected chi connectivity index (χ4v) is 1.58. The highest BCUT2D eigenvalue weighted by molar-refractivity contribution is 5.90. The first-order chi connectivity index (χ1) is 8.83. The number of carbonyl (C=O) groups is 1. The van der Waals surface area contributed by atoms with E-state index in [0.29, 0.717) is 24.7 Å². The maximum atomic E-state index is 11.7. The summed E-state index contributed by atoms with van der Waals surface area (Å²) in [6, 6.07) is 0. The lowest BCUT2D eigenvalue weighted by Crippen LogP contribution is -2.27. The van der Waals surface area contributed by atoms with Crippen molar-refractivity contribution in [3.05, 3.63) is 23.9 Å². The summed E-state index contributed by atoms with van der Waals surface area (Å²) in [5.74, 6) is 1.72. The van der Waals surface area contributed by atoms with E-state index < -0.39 is 0 Å². The Morgan fingerprint density at radius 3 is 3.17 bits per heavy atom. The topological polar surface area (TPSA) is 110 Å². The van der Waals surface area contributed by atoms with E-state index in [2.05, 4.69) is 35.2 Å². The Hall–Kier alpha value is -2.25. The largest absolute Gasteiger partial charge is 0.349 e. The van der Waals surface area contributed by atoms with Gasteiger partial charge >= 0.3 is 0 Å². The molecule has 0 aromatic carbocycles. The maximum absolute atomic E-state index is 11.7. The average Bonchev–Trinajstić information content (AvgIpc) is 2.92. The zero-order chi connectivity index (χ0) is 12.4. The molecule has 1 fully saturated rings. The number of aromatic nitrogens is 5. The number of aromatic amines is 1. The number of amides is 1. The lowest BCUT2D eigenvalue weighted by atomic mass is 10.4. The van der Waals surface area contributed by atoms with E-state index in [1.165, 1.54) is 6.39 Å². The second kappa shape index (κ2) is 4.55. The summed E-state index contributed by atoms with van der Waals surface area (Å²) >= 11 is 0.